The molecule has 0 unspecified atom stereocenters. The normalized spacial score (nSPS) is 10.5. The maximum Gasteiger partial charge on any atom is 0.312 e. The van der Waals surface area contributed by atoms with Gasteiger partial charge >= 0.3 is 5.69 Å². The topological polar surface area (TPSA) is 119 Å². The van der Waals surface area contributed by atoms with E-state index in [1.54, 1.807) is 24.3 Å². The molecule has 0 saturated carbocycles. The summed E-state index contributed by atoms with van der Waals surface area (Å²) in [5.74, 6) is -0.766. The molecule has 0 radical (unpaired) electrons. The van der Waals surface area contributed by atoms with E-state index in [0.29, 0.717) is 23.5 Å². The zero-order valence-electron chi connectivity index (χ0n) is 17.5. The number of aryl methyl sites for hydroxylation is 2. The third-order valence-electron chi connectivity index (χ3n) is 4.84. The quantitative estimate of drug-likeness (QED) is 0.448. The number of carbonyl (C=O) groups excluding carboxylic acids is 2. The van der Waals surface area contributed by atoms with E-state index in [-0.39, 0.29) is 23.8 Å². The van der Waals surface area contributed by atoms with Crippen molar-refractivity contribution in [3.05, 3.63) is 86.7 Å². The predicted molar refractivity (Wildman–Crippen MR) is 116 cm³/mol. The van der Waals surface area contributed by atoms with E-state index in [1.165, 1.54) is 18.5 Å². The highest BCUT2D eigenvalue weighted by Crippen LogP contribution is 2.22. The number of benzene rings is 2. The van der Waals surface area contributed by atoms with E-state index >= 15 is 0 Å². The second-order valence-electron chi connectivity index (χ2n) is 7.20. The van der Waals surface area contributed by atoms with Gasteiger partial charge in [-0.2, -0.15) is 5.10 Å². The molecule has 2 aromatic carbocycles. The molecule has 0 aliphatic carbocycles. The number of hydrogen-bond acceptors (Lipinski definition) is 5. The number of nitrogens with zero attached hydrogens (tertiary/aromatic N) is 3. The van der Waals surface area contributed by atoms with Crippen LogP contribution < -0.4 is 10.6 Å². The summed E-state index contributed by atoms with van der Waals surface area (Å²) in [6.07, 6.45) is 0. The molecule has 3 rings (SSSR count). The molecule has 2 N–H and O–H groups in total. The van der Waals surface area contributed by atoms with Gasteiger partial charge in [-0.25, -0.2) is 0 Å². The van der Waals surface area contributed by atoms with Gasteiger partial charge in [-0.1, -0.05) is 42.0 Å². The van der Waals surface area contributed by atoms with Crippen molar-refractivity contribution >= 4 is 23.2 Å². The van der Waals surface area contributed by atoms with E-state index in [1.807, 2.05) is 31.2 Å². The van der Waals surface area contributed by atoms with Gasteiger partial charge in [-0.3, -0.25) is 24.4 Å². The lowest BCUT2D eigenvalue weighted by molar-refractivity contribution is -0.386. The summed E-state index contributed by atoms with van der Waals surface area (Å²) in [5.41, 5.74) is 3.20. The smallest absolute Gasteiger partial charge is 0.312 e. The van der Waals surface area contributed by atoms with Gasteiger partial charge in [0, 0.05) is 6.54 Å². The van der Waals surface area contributed by atoms with Gasteiger partial charge in [0.1, 0.15) is 17.9 Å². The molecular weight excluding hydrogens is 398 g/mol. The Hall–Kier alpha value is -4.01. The molecule has 0 fully saturated rings. The number of amides is 2. The van der Waals surface area contributed by atoms with Crippen molar-refractivity contribution in [1.29, 1.82) is 0 Å². The highest BCUT2D eigenvalue weighted by molar-refractivity contribution is 6.03. The van der Waals surface area contributed by atoms with Crippen LogP contribution in [-0.2, 0) is 17.9 Å². The lowest BCUT2D eigenvalue weighted by Crippen LogP contribution is -2.26. The molecule has 0 bridgehead atoms. The Labute approximate surface area is 179 Å². The Balaban J connectivity index is 1.69. The fraction of sp³-hybridized carbons (Fsp3) is 0.227. The maximum atomic E-state index is 12.7. The van der Waals surface area contributed by atoms with Crippen molar-refractivity contribution in [2.24, 2.45) is 0 Å². The summed E-state index contributed by atoms with van der Waals surface area (Å²) in [6.45, 7) is 5.20. The van der Waals surface area contributed by atoms with E-state index in [4.69, 9.17) is 0 Å². The first kappa shape index (κ1) is 21.7. The minimum absolute atomic E-state index is 0.108. The van der Waals surface area contributed by atoms with Crippen LogP contribution in [0.25, 0.3) is 0 Å². The van der Waals surface area contributed by atoms with Gasteiger partial charge in [-0.15, -0.1) is 0 Å². The number of hydrogen-bond donors (Lipinski definition) is 2. The maximum absolute atomic E-state index is 12.7. The zero-order chi connectivity index (χ0) is 22.5. The molecule has 1 heterocycles. The molecule has 9 heteroatoms. The van der Waals surface area contributed by atoms with E-state index in [2.05, 4.69) is 15.7 Å². The SMILES string of the molecule is Cc1ccc(CNC(=O)c2ccccc2NC(=O)Cn2nc(C)c([N+](=O)[O-])c2C)cc1. The molecule has 0 aliphatic rings. The third kappa shape index (κ3) is 5.13. The first-order valence-electron chi connectivity index (χ1n) is 9.67. The summed E-state index contributed by atoms with van der Waals surface area (Å²) >= 11 is 0. The Morgan fingerprint density at radius 2 is 1.74 bits per heavy atom. The average molecular weight is 421 g/mol. The monoisotopic (exact) mass is 421 g/mol. The Morgan fingerprint density at radius 3 is 2.39 bits per heavy atom. The highest BCUT2D eigenvalue weighted by atomic mass is 16.6. The number of nitro groups is 1. The molecule has 0 aliphatic heterocycles. The van der Waals surface area contributed by atoms with Crippen molar-refractivity contribution < 1.29 is 14.5 Å². The second-order valence-corrected chi connectivity index (χ2v) is 7.20. The number of aromatic nitrogens is 2. The Kier molecular flexibility index (Phi) is 6.44. The van der Waals surface area contributed by atoms with Crippen molar-refractivity contribution in [3.63, 3.8) is 0 Å². The van der Waals surface area contributed by atoms with E-state index < -0.39 is 10.8 Å². The number of para-hydroxylation sites is 1. The molecule has 0 saturated heterocycles. The van der Waals surface area contributed by atoms with E-state index in [9.17, 15) is 19.7 Å². The van der Waals surface area contributed by atoms with Crippen molar-refractivity contribution in [1.82, 2.24) is 15.1 Å². The molecule has 9 nitrogen and oxygen atoms in total. The van der Waals surface area contributed by atoms with Crippen LogP contribution in [0.5, 0.6) is 0 Å². The first-order valence-corrected chi connectivity index (χ1v) is 9.67. The fourth-order valence-corrected chi connectivity index (χ4v) is 3.21. The van der Waals surface area contributed by atoms with Crippen molar-refractivity contribution in [2.75, 3.05) is 5.32 Å². The Morgan fingerprint density at radius 1 is 1.06 bits per heavy atom. The van der Waals surface area contributed by atoms with E-state index in [0.717, 1.165) is 11.1 Å². The van der Waals surface area contributed by atoms with Crippen LogP contribution in [0.4, 0.5) is 11.4 Å². The minimum atomic E-state index is -0.514. The lowest BCUT2D eigenvalue weighted by Gasteiger charge is -2.12. The standard InChI is InChI=1S/C22H23N5O4/c1-14-8-10-17(11-9-14)12-23-22(29)18-6-4-5-7-19(18)24-20(28)13-26-16(3)21(27(30)31)15(2)25-26/h4-11H,12-13H2,1-3H3,(H,23,29)(H,24,28). The molecular formula is C22H23N5O4. The van der Waals surface area contributed by atoms with Gasteiger partial charge in [0.05, 0.1) is 16.2 Å². The second kappa shape index (κ2) is 9.21. The van der Waals surface area contributed by atoms with Crippen LogP contribution in [-0.4, -0.2) is 26.5 Å². The lowest BCUT2D eigenvalue weighted by atomic mass is 10.1. The fourth-order valence-electron chi connectivity index (χ4n) is 3.21. The molecule has 0 atom stereocenters. The van der Waals surface area contributed by atoms with Crippen LogP contribution in [0.15, 0.2) is 48.5 Å². The summed E-state index contributed by atoms with van der Waals surface area (Å²) in [4.78, 5) is 35.8. The van der Waals surface area contributed by atoms with Gasteiger partial charge < -0.3 is 10.6 Å². The number of anilines is 1. The van der Waals surface area contributed by atoms with Gasteiger partial charge in [-0.05, 0) is 38.5 Å². The molecule has 2 amide bonds. The molecule has 31 heavy (non-hydrogen) atoms. The number of carbonyl (C=O) groups is 2. The average Bonchev–Trinajstić information content (AvgIpc) is 3.00. The molecule has 160 valence electrons. The summed E-state index contributed by atoms with van der Waals surface area (Å²) in [6, 6.07) is 14.5. The third-order valence-corrected chi connectivity index (χ3v) is 4.84. The predicted octanol–water partition coefficient (Wildman–Crippen LogP) is 3.29. The highest BCUT2D eigenvalue weighted by Gasteiger charge is 2.23. The van der Waals surface area contributed by atoms with Crippen LogP contribution in [0.3, 0.4) is 0 Å². The summed E-state index contributed by atoms with van der Waals surface area (Å²) in [5, 5.41) is 20.8. The van der Waals surface area contributed by atoms with Crippen LogP contribution in [0, 0.1) is 30.9 Å². The van der Waals surface area contributed by atoms with Gasteiger partial charge in [0.25, 0.3) is 5.91 Å². The summed E-state index contributed by atoms with van der Waals surface area (Å²) in [7, 11) is 0. The summed E-state index contributed by atoms with van der Waals surface area (Å²) < 4.78 is 1.28. The van der Waals surface area contributed by atoms with Gasteiger partial charge in [0.15, 0.2) is 0 Å². The van der Waals surface area contributed by atoms with Crippen molar-refractivity contribution in [3.8, 4) is 0 Å². The number of rotatable bonds is 7. The van der Waals surface area contributed by atoms with Crippen LogP contribution in [0.1, 0.15) is 32.9 Å². The van der Waals surface area contributed by atoms with Gasteiger partial charge in [0.2, 0.25) is 5.91 Å². The zero-order valence-corrected chi connectivity index (χ0v) is 17.5. The Bertz CT molecular complexity index is 1140. The van der Waals surface area contributed by atoms with Crippen LogP contribution in [0.2, 0.25) is 0 Å². The molecule has 0 spiro atoms. The largest absolute Gasteiger partial charge is 0.348 e. The van der Waals surface area contributed by atoms with Crippen molar-refractivity contribution in [2.45, 2.75) is 33.9 Å². The molecule has 3 aromatic rings. The number of nitrogens with one attached hydrogen (secondary N) is 2. The molecule has 1 aromatic heterocycles. The minimum Gasteiger partial charge on any atom is -0.348 e. The van der Waals surface area contributed by atoms with Crippen LogP contribution >= 0.6 is 0 Å². The first-order chi connectivity index (χ1) is 14.8.